The van der Waals surface area contributed by atoms with Crippen LogP contribution in [0.2, 0.25) is 0 Å². The number of nitrogens with two attached hydrogens (primary N) is 1. The van der Waals surface area contributed by atoms with Crippen LogP contribution in [-0.4, -0.2) is 6.04 Å². The molecule has 5 aromatic rings. The van der Waals surface area contributed by atoms with Gasteiger partial charge in [0.1, 0.15) is 0 Å². The predicted octanol–water partition coefficient (Wildman–Crippen LogP) is 16.2. The highest BCUT2D eigenvalue weighted by Crippen LogP contribution is 2.46. The molecule has 5 aliphatic rings. The summed E-state index contributed by atoms with van der Waals surface area (Å²) in [5.74, 6) is 1.38. The number of hydrogen-bond acceptors (Lipinski definition) is 1. The molecular weight excluding hydrogens is 783 g/mol. The van der Waals surface area contributed by atoms with E-state index in [1.807, 2.05) is 13.8 Å². The van der Waals surface area contributed by atoms with E-state index in [1.54, 1.807) is 5.57 Å². The summed E-state index contributed by atoms with van der Waals surface area (Å²) in [4.78, 5) is 0. The van der Waals surface area contributed by atoms with Gasteiger partial charge in [-0.05, 0) is 171 Å². The number of fused-ring (bicyclic) bond motifs is 9. The van der Waals surface area contributed by atoms with Crippen molar-refractivity contribution in [2.45, 2.75) is 109 Å². The van der Waals surface area contributed by atoms with E-state index in [0.29, 0.717) is 17.8 Å². The summed E-state index contributed by atoms with van der Waals surface area (Å²) >= 11 is 0. The Morgan fingerprint density at radius 3 is 2.49 bits per heavy atom. The van der Waals surface area contributed by atoms with Crippen molar-refractivity contribution in [2.75, 3.05) is 0 Å². The van der Waals surface area contributed by atoms with E-state index < -0.39 is 0 Å². The predicted molar refractivity (Wildman–Crippen MR) is 281 cm³/mol. The summed E-state index contributed by atoms with van der Waals surface area (Å²) in [6, 6.07) is 36.9. The standard InChI is InChI=1S/C62H61N.C2H6/c1-62(2)39-12-4-3-5-24-57-58(26-15-27-59(57)62)61-55-23-11-9-18-46(55)36-38-56(61)47(32-29-44-31-37-52-48-19-7-6-16-43(40-48)30-33-49(52)41-44)20-14-28-60(63)51-21-13-25-54-50(42-51)35-34-45-17-8-10-22-53(45)54;1-2/h3-12,15-19,21-23,25-27,30-31,33-35,37,41-43,47-48,60H,14,20,24,28-29,32,36,38-40,63H2,1-2H3;1-2H3/b5-3-,12-4-;/t43-,47?,48-,60+;/m0./s1. The van der Waals surface area contributed by atoms with Crippen molar-refractivity contribution in [3.8, 4) is 0 Å². The molecule has 2 bridgehead atoms. The summed E-state index contributed by atoms with van der Waals surface area (Å²) in [5.41, 5.74) is 29.1. The van der Waals surface area contributed by atoms with Gasteiger partial charge < -0.3 is 5.73 Å². The molecule has 4 atom stereocenters. The third kappa shape index (κ3) is 9.56. The van der Waals surface area contributed by atoms with Crippen LogP contribution in [0.5, 0.6) is 0 Å². The third-order valence-electron chi connectivity index (χ3n) is 14.8. The first-order chi connectivity index (χ1) is 31.9. The highest BCUT2D eigenvalue weighted by Gasteiger charge is 2.31. The van der Waals surface area contributed by atoms with E-state index in [-0.39, 0.29) is 11.5 Å². The quantitative estimate of drug-likeness (QED) is 0.139. The van der Waals surface area contributed by atoms with Gasteiger partial charge >= 0.3 is 0 Å². The minimum atomic E-state index is -0.0613. The lowest BCUT2D eigenvalue weighted by atomic mass is 9.71. The lowest BCUT2D eigenvalue weighted by molar-refractivity contribution is 0.465. The van der Waals surface area contributed by atoms with Gasteiger partial charge in [-0.25, -0.2) is 0 Å². The summed E-state index contributed by atoms with van der Waals surface area (Å²) in [6.07, 6.45) is 40.4. The van der Waals surface area contributed by atoms with Gasteiger partial charge in [-0.1, -0.05) is 198 Å². The normalized spacial score (nSPS) is 20.7. The lowest BCUT2D eigenvalue weighted by Gasteiger charge is -2.33. The van der Waals surface area contributed by atoms with Crippen molar-refractivity contribution in [1.82, 2.24) is 0 Å². The van der Waals surface area contributed by atoms with E-state index in [9.17, 15) is 0 Å². The molecular formula is C64H67N. The van der Waals surface area contributed by atoms with Crippen LogP contribution < -0.4 is 5.73 Å². The largest absolute Gasteiger partial charge is 0.324 e. The highest BCUT2D eigenvalue weighted by molar-refractivity contribution is 5.95. The lowest BCUT2D eigenvalue weighted by Crippen LogP contribution is -2.23. The molecule has 0 aromatic heterocycles. The van der Waals surface area contributed by atoms with Gasteiger partial charge in [-0.3, -0.25) is 0 Å². The Hall–Kier alpha value is -5.98. The molecule has 5 aliphatic carbocycles. The maximum Gasteiger partial charge on any atom is 0.0301 e. The van der Waals surface area contributed by atoms with Crippen LogP contribution in [0.4, 0.5) is 0 Å². The Balaban J connectivity index is 0.00000263. The molecule has 0 saturated carbocycles. The molecule has 0 aliphatic heterocycles. The second-order valence-corrected chi connectivity index (χ2v) is 19.3. The van der Waals surface area contributed by atoms with Crippen molar-refractivity contribution < 1.29 is 0 Å². The van der Waals surface area contributed by atoms with Crippen molar-refractivity contribution in [2.24, 2.45) is 17.6 Å². The monoisotopic (exact) mass is 850 g/mol. The molecule has 0 amide bonds. The number of allylic oxidation sites excluding steroid dienone is 10. The first kappa shape index (κ1) is 44.2. The van der Waals surface area contributed by atoms with E-state index in [4.69, 9.17) is 5.73 Å². The SMILES string of the molecule is CC.CC1(C)C/C=C\C=C/Cc2c(C3=C(C(CCC[C@@H](N)C4=Cc5ccc6ccccc6c5C=C=C4)CCc4ccc5c(c4)C=C[C@@H]4C=CC=C[C@H]5C4)CCc4ccccc43)cccc21. The zero-order valence-corrected chi connectivity index (χ0v) is 39.2. The fourth-order valence-corrected chi connectivity index (χ4v) is 11.3. The molecule has 65 heavy (non-hydrogen) atoms. The second kappa shape index (κ2) is 20.0. The zero-order chi connectivity index (χ0) is 44.8. The van der Waals surface area contributed by atoms with Gasteiger partial charge in [0, 0.05) is 12.0 Å². The maximum absolute atomic E-state index is 7.17. The molecule has 1 unspecified atom stereocenters. The molecule has 5 aromatic carbocycles. The first-order valence-electron chi connectivity index (χ1n) is 24.7. The van der Waals surface area contributed by atoms with Gasteiger partial charge in [-0.2, -0.15) is 0 Å². The van der Waals surface area contributed by atoms with E-state index >= 15 is 0 Å². The summed E-state index contributed by atoms with van der Waals surface area (Å²) < 4.78 is 0. The van der Waals surface area contributed by atoms with E-state index in [0.717, 1.165) is 69.8 Å². The molecule has 2 N–H and O–H groups in total. The van der Waals surface area contributed by atoms with Crippen molar-refractivity contribution in [3.63, 3.8) is 0 Å². The molecule has 1 nitrogen and oxygen atoms in total. The van der Waals surface area contributed by atoms with Crippen LogP contribution in [0.1, 0.15) is 134 Å². The number of aryl methyl sites for hydroxylation is 2. The fourth-order valence-electron chi connectivity index (χ4n) is 11.3. The maximum atomic E-state index is 7.17. The van der Waals surface area contributed by atoms with Crippen molar-refractivity contribution >= 4 is 34.6 Å². The van der Waals surface area contributed by atoms with Crippen LogP contribution in [0.25, 0.3) is 34.6 Å². The van der Waals surface area contributed by atoms with Gasteiger partial charge in [0.15, 0.2) is 0 Å². The smallest absolute Gasteiger partial charge is 0.0301 e. The van der Waals surface area contributed by atoms with Gasteiger partial charge in [0.05, 0.1) is 0 Å². The van der Waals surface area contributed by atoms with E-state index in [1.165, 1.54) is 72.0 Å². The average molecular weight is 850 g/mol. The Labute approximate surface area is 390 Å². The molecule has 10 rings (SSSR count). The average Bonchev–Trinajstić information content (AvgIpc) is 3.77. The van der Waals surface area contributed by atoms with Crippen LogP contribution in [0.15, 0.2) is 175 Å². The summed E-state index contributed by atoms with van der Waals surface area (Å²) in [6.45, 7) is 8.85. The van der Waals surface area contributed by atoms with Gasteiger partial charge in [0.25, 0.3) is 0 Å². The Kier molecular flexibility index (Phi) is 13.6. The minimum absolute atomic E-state index is 0.0335. The van der Waals surface area contributed by atoms with Crippen molar-refractivity contribution in [3.05, 3.63) is 230 Å². The molecule has 0 radical (unpaired) electrons. The zero-order valence-electron chi connectivity index (χ0n) is 39.2. The summed E-state index contributed by atoms with van der Waals surface area (Å²) in [7, 11) is 0. The number of rotatable bonds is 10. The summed E-state index contributed by atoms with van der Waals surface area (Å²) in [5, 5.41) is 2.52. The highest BCUT2D eigenvalue weighted by atomic mass is 14.6. The van der Waals surface area contributed by atoms with Gasteiger partial charge in [0.2, 0.25) is 0 Å². The fraction of sp³-hybridized carbons (Fsp3) is 0.297. The molecule has 0 fully saturated rings. The molecule has 0 heterocycles. The Morgan fingerprint density at radius 1 is 0.738 bits per heavy atom. The second-order valence-electron chi connectivity index (χ2n) is 19.3. The first-order valence-corrected chi connectivity index (χ1v) is 24.7. The van der Waals surface area contributed by atoms with Crippen LogP contribution >= 0.6 is 0 Å². The topological polar surface area (TPSA) is 26.0 Å². The Morgan fingerprint density at radius 2 is 1.57 bits per heavy atom. The van der Waals surface area contributed by atoms with Crippen LogP contribution in [-0.2, 0) is 24.7 Å². The van der Waals surface area contributed by atoms with Crippen LogP contribution in [0.3, 0.4) is 0 Å². The molecule has 0 spiro atoms. The van der Waals surface area contributed by atoms with Gasteiger partial charge in [-0.15, -0.1) is 5.73 Å². The third-order valence-corrected chi connectivity index (χ3v) is 14.8. The Bertz CT molecular complexity index is 2840. The van der Waals surface area contributed by atoms with Crippen LogP contribution in [0, 0.1) is 11.8 Å². The van der Waals surface area contributed by atoms with Crippen molar-refractivity contribution in [1.29, 1.82) is 0 Å². The minimum Gasteiger partial charge on any atom is -0.324 e. The molecule has 328 valence electrons. The number of hydrogen-bond donors (Lipinski definition) is 1. The molecule has 1 heteroatoms. The number of benzene rings is 5. The molecule has 0 saturated heterocycles. The van der Waals surface area contributed by atoms with E-state index in [2.05, 4.69) is 196 Å².